The van der Waals surface area contributed by atoms with E-state index in [1.54, 1.807) is 0 Å². The van der Waals surface area contributed by atoms with Gasteiger partial charge in [-0.25, -0.2) is 14.8 Å². The lowest BCUT2D eigenvalue weighted by Crippen LogP contribution is -2.56. The van der Waals surface area contributed by atoms with Crippen molar-refractivity contribution in [3.05, 3.63) is 53.7 Å². The van der Waals surface area contributed by atoms with Crippen molar-refractivity contribution in [1.29, 1.82) is 0 Å². The number of hydrogen-bond donors (Lipinski definition) is 1. The fourth-order valence-corrected chi connectivity index (χ4v) is 6.58. The molecule has 43 heavy (non-hydrogen) atoms. The number of aromatic nitrogens is 2. The molecule has 2 saturated heterocycles. The quantitative estimate of drug-likeness (QED) is 0.405. The molecule has 1 N–H and O–H groups in total. The molecule has 4 heterocycles. The molecule has 1 aromatic heterocycles. The molecule has 0 spiro atoms. The van der Waals surface area contributed by atoms with Crippen molar-refractivity contribution >= 4 is 23.4 Å². The Balaban J connectivity index is 1.16. The number of ether oxygens (including phenoxy) is 4. The Morgan fingerprint density at radius 1 is 0.953 bits per heavy atom. The summed E-state index contributed by atoms with van der Waals surface area (Å²) in [7, 11) is 0. The second-order valence-electron chi connectivity index (χ2n) is 12.7. The van der Waals surface area contributed by atoms with Crippen molar-refractivity contribution in [2.75, 3.05) is 49.7 Å². The predicted octanol–water partition coefficient (Wildman–Crippen LogP) is 5.36. The van der Waals surface area contributed by atoms with E-state index >= 15 is 0 Å². The van der Waals surface area contributed by atoms with E-state index in [9.17, 15) is 4.79 Å². The molecule has 10 heteroatoms. The SMILES string of the molecule is CC(C)(C)OC(=O)N1C2CCC1CN(c1ccc3cc1OCCOCCOc1ccc4c(c1)-c1nc(ncc1CC4)N3)C2. The van der Waals surface area contributed by atoms with Crippen molar-refractivity contribution in [2.45, 2.75) is 64.1 Å². The number of carbonyl (C=O) groups excluding carboxylic acids is 1. The molecule has 2 aromatic carbocycles. The first-order chi connectivity index (χ1) is 20.8. The van der Waals surface area contributed by atoms with Crippen LogP contribution in [-0.4, -0.2) is 78.2 Å². The number of amides is 1. The van der Waals surface area contributed by atoms with Gasteiger partial charge in [0.2, 0.25) is 5.95 Å². The van der Waals surface area contributed by atoms with Crippen molar-refractivity contribution in [3.63, 3.8) is 0 Å². The molecule has 2 fully saturated rings. The van der Waals surface area contributed by atoms with Crippen LogP contribution in [0.15, 0.2) is 42.6 Å². The smallest absolute Gasteiger partial charge is 0.410 e. The van der Waals surface area contributed by atoms with Crippen LogP contribution in [-0.2, 0) is 22.3 Å². The van der Waals surface area contributed by atoms with Gasteiger partial charge in [-0.05, 0) is 81.8 Å². The fourth-order valence-electron chi connectivity index (χ4n) is 6.58. The highest BCUT2D eigenvalue weighted by Gasteiger charge is 2.44. The number of nitrogens with zero attached hydrogens (tertiary/aromatic N) is 4. The zero-order valence-electron chi connectivity index (χ0n) is 25.1. The third-order valence-corrected chi connectivity index (χ3v) is 8.49. The number of aryl methyl sites for hydroxylation is 2. The minimum Gasteiger partial charge on any atom is -0.491 e. The van der Waals surface area contributed by atoms with E-state index < -0.39 is 5.60 Å². The van der Waals surface area contributed by atoms with E-state index in [1.807, 2.05) is 50.1 Å². The second kappa shape index (κ2) is 11.2. The van der Waals surface area contributed by atoms with Crippen molar-refractivity contribution in [2.24, 2.45) is 0 Å². The maximum atomic E-state index is 13.0. The predicted molar refractivity (Wildman–Crippen MR) is 164 cm³/mol. The van der Waals surface area contributed by atoms with Crippen molar-refractivity contribution in [3.8, 4) is 22.8 Å². The minimum absolute atomic E-state index is 0.101. The van der Waals surface area contributed by atoms with Gasteiger partial charge in [0.05, 0.1) is 36.7 Å². The monoisotopic (exact) mass is 585 g/mol. The highest BCUT2D eigenvalue weighted by molar-refractivity contribution is 5.74. The van der Waals surface area contributed by atoms with Gasteiger partial charge in [-0.2, -0.15) is 0 Å². The summed E-state index contributed by atoms with van der Waals surface area (Å²) in [6.45, 7) is 8.94. The van der Waals surface area contributed by atoms with Crippen LogP contribution in [0, 0.1) is 0 Å². The Hall–Kier alpha value is -4.05. The molecule has 10 nitrogen and oxygen atoms in total. The van der Waals surface area contributed by atoms with Crippen LogP contribution in [0.2, 0.25) is 0 Å². The summed E-state index contributed by atoms with van der Waals surface area (Å²) >= 11 is 0. The largest absolute Gasteiger partial charge is 0.491 e. The van der Waals surface area contributed by atoms with Gasteiger partial charge in [0, 0.05) is 36.6 Å². The second-order valence-corrected chi connectivity index (χ2v) is 12.7. The van der Waals surface area contributed by atoms with E-state index in [2.05, 4.69) is 33.4 Å². The van der Waals surface area contributed by atoms with Gasteiger partial charge in [0.15, 0.2) is 0 Å². The van der Waals surface area contributed by atoms with E-state index in [0.717, 1.165) is 78.5 Å². The van der Waals surface area contributed by atoms with E-state index in [1.165, 1.54) is 5.56 Å². The molecule has 3 aliphatic heterocycles. The Morgan fingerprint density at radius 2 is 1.72 bits per heavy atom. The van der Waals surface area contributed by atoms with Crippen LogP contribution in [0.3, 0.4) is 0 Å². The molecule has 0 saturated carbocycles. The zero-order chi connectivity index (χ0) is 29.6. The molecule has 1 amide bonds. The lowest BCUT2D eigenvalue weighted by Gasteiger charge is -2.42. The van der Waals surface area contributed by atoms with Gasteiger partial charge < -0.3 is 29.2 Å². The molecule has 1 aliphatic carbocycles. The number of rotatable bonds is 1. The van der Waals surface area contributed by atoms with Gasteiger partial charge in [-0.1, -0.05) is 6.07 Å². The Bertz CT molecular complexity index is 1510. The van der Waals surface area contributed by atoms with Crippen LogP contribution in [0.5, 0.6) is 11.5 Å². The molecule has 7 rings (SSSR count). The number of anilines is 3. The van der Waals surface area contributed by atoms with Crippen LogP contribution < -0.4 is 19.7 Å². The highest BCUT2D eigenvalue weighted by Crippen LogP contribution is 2.40. The summed E-state index contributed by atoms with van der Waals surface area (Å²) in [5.74, 6) is 2.10. The summed E-state index contributed by atoms with van der Waals surface area (Å²) in [6, 6.07) is 12.6. The fraction of sp³-hybridized carbons (Fsp3) is 0.485. The van der Waals surface area contributed by atoms with Crippen LogP contribution in [0.25, 0.3) is 11.3 Å². The number of hydrogen-bond acceptors (Lipinski definition) is 9. The topological polar surface area (TPSA) is 98.3 Å². The summed E-state index contributed by atoms with van der Waals surface area (Å²) in [5, 5.41) is 3.41. The average Bonchev–Trinajstić information content (AvgIpc) is 3.25. The summed E-state index contributed by atoms with van der Waals surface area (Å²) in [6.07, 6.45) is 5.50. The zero-order valence-corrected chi connectivity index (χ0v) is 25.1. The van der Waals surface area contributed by atoms with Gasteiger partial charge in [-0.3, -0.25) is 4.90 Å². The average molecular weight is 586 g/mol. The molecular formula is C33H39N5O5. The number of fused-ring (bicyclic) bond motifs is 6. The maximum absolute atomic E-state index is 13.0. The van der Waals surface area contributed by atoms with Gasteiger partial charge in [0.1, 0.15) is 30.3 Å². The molecule has 4 aliphatic rings. The number of nitrogens with one attached hydrogen (secondary N) is 1. The normalized spacial score (nSPS) is 21.4. The molecule has 3 aromatic rings. The third-order valence-electron chi connectivity index (χ3n) is 8.49. The Morgan fingerprint density at radius 3 is 2.51 bits per heavy atom. The van der Waals surface area contributed by atoms with Gasteiger partial charge >= 0.3 is 6.09 Å². The van der Waals surface area contributed by atoms with Crippen LogP contribution >= 0.6 is 0 Å². The van der Waals surface area contributed by atoms with E-state index in [0.29, 0.717) is 32.4 Å². The lowest BCUT2D eigenvalue weighted by molar-refractivity contribution is 0.0123. The van der Waals surface area contributed by atoms with E-state index in [-0.39, 0.29) is 18.2 Å². The van der Waals surface area contributed by atoms with Crippen LogP contribution in [0.4, 0.5) is 22.1 Å². The molecule has 0 radical (unpaired) electrons. The summed E-state index contributed by atoms with van der Waals surface area (Å²) in [5.41, 5.74) is 5.75. The van der Waals surface area contributed by atoms with Gasteiger partial charge in [-0.15, -0.1) is 0 Å². The van der Waals surface area contributed by atoms with Crippen LogP contribution in [0.1, 0.15) is 44.7 Å². The van der Waals surface area contributed by atoms with Crippen molar-refractivity contribution in [1.82, 2.24) is 14.9 Å². The third kappa shape index (κ3) is 5.80. The first-order valence-corrected chi connectivity index (χ1v) is 15.3. The highest BCUT2D eigenvalue weighted by atomic mass is 16.6. The van der Waals surface area contributed by atoms with Crippen molar-refractivity contribution < 1.29 is 23.7 Å². The number of piperazine rings is 1. The molecule has 2 unspecified atom stereocenters. The molecular weight excluding hydrogens is 546 g/mol. The minimum atomic E-state index is -0.517. The van der Waals surface area contributed by atoms with E-state index in [4.69, 9.17) is 23.9 Å². The number of benzene rings is 2. The Kier molecular flexibility index (Phi) is 7.25. The standard InChI is InChI=1S/C33H39N5O5/c1-33(2,3)43-32(39)38-24-8-9-25(38)20-37(19-24)28-11-7-23-16-29(28)42-15-13-40-12-14-41-26-10-6-21-4-5-22-18-34-31(35-23)36-30(22)27(21)17-26/h6-7,10-11,16-18,24-25H,4-5,8-9,12-15,19-20H2,1-3H3,(H,34,35,36). The molecule has 8 bridgehead atoms. The summed E-state index contributed by atoms with van der Waals surface area (Å²) < 4.78 is 23.9. The molecule has 226 valence electrons. The first-order valence-electron chi connectivity index (χ1n) is 15.3. The number of carbonyl (C=O) groups is 1. The lowest BCUT2D eigenvalue weighted by atomic mass is 9.90. The van der Waals surface area contributed by atoms with Gasteiger partial charge in [0.25, 0.3) is 0 Å². The Labute approximate surface area is 252 Å². The summed E-state index contributed by atoms with van der Waals surface area (Å²) in [4.78, 5) is 26.9. The maximum Gasteiger partial charge on any atom is 0.410 e. The molecule has 2 atom stereocenters. The first kappa shape index (κ1) is 27.8.